The van der Waals surface area contributed by atoms with Gasteiger partial charge in [0.1, 0.15) is 23.0 Å². The second-order valence-corrected chi connectivity index (χ2v) is 7.45. The van der Waals surface area contributed by atoms with E-state index in [1.807, 2.05) is 0 Å². The summed E-state index contributed by atoms with van der Waals surface area (Å²) < 4.78 is 21.6. The predicted molar refractivity (Wildman–Crippen MR) is 132 cm³/mol. The van der Waals surface area contributed by atoms with Crippen LogP contribution in [0.3, 0.4) is 0 Å². The van der Waals surface area contributed by atoms with E-state index in [1.165, 1.54) is 6.21 Å². The molecule has 0 aromatic heterocycles. The molecule has 0 heterocycles. The average Bonchev–Trinajstić information content (AvgIpc) is 2.88. The van der Waals surface area contributed by atoms with Crippen LogP contribution in [0.25, 0.3) is 0 Å². The van der Waals surface area contributed by atoms with Crippen molar-refractivity contribution < 1.29 is 28.5 Å². The van der Waals surface area contributed by atoms with E-state index in [9.17, 15) is 9.59 Å². The van der Waals surface area contributed by atoms with Crippen molar-refractivity contribution in [3.8, 4) is 23.0 Å². The van der Waals surface area contributed by atoms with Crippen LogP contribution in [0.1, 0.15) is 35.7 Å². The monoisotopic (exact) mass is 476 g/mol. The minimum absolute atomic E-state index is 0.188. The highest BCUT2D eigenvalue weighted by Crippen LogP contribution is 2.18. The first-order chi connectivity index (χ1) is 17.1. The van der Waals surface area contributed by atoms with Gasteiger partial charge in [0, 0.05) is 0 Å². The van der Waals surface area contributed by atoms with Crippen molar-refractivity contribution in [2.24, 2.45) is 5.10 Å². The lowest BCUT2D eigenvalue weighted by atomic mass is 10.2. The summed E-state index contributed by atoms with van der Waals surface area (Å²) in [5.41, 5.74) is 3.45. The van der Waals surface area contributed by atoms with E-state index in [4.69, 9.17) is 18.9 Å². The van der Waals surface area contributed by atoms with Crippen molar-refractivity contribution in [1.82, 2.24) is 5.43 Å². The Morgan fingerprint density at radius 1 is 0.886 bits per heavy atom. The zero-order chi connectivity index (χ0) is 24.9. The van der Waals surface area contributed by atoms with Crippen LogP contribution in [0.5, 0.6) is 23.0 Å². The highest BCUT2D eigenvalue weighted by atomic mass is 16.5. The molecule has 8 nitrogen and oxygen atoms in total. The second-order valence-electron chi connectivity index (χ2n) is 7.45. The number of carbonyl (C=O) groups is 2. The summed E-state index contributed by atoms with van der Waals surface area (Å²) >= 11 is 0. The summed E-state index contributed by atoms with van der Waals surface area (Å²) in [7, 11) is 1.55. The van der Waals surface area contributed by atoms with Gasteiger partial charge in [0.05, 0.1) is 25.5 Å². The van der Waals surface area contributed by atoms with Crippen LogP contribution in [0.15, 0.2) is 77.9 Å². The predicted octanol–water partition coefficient (Wildman–Crippen LogP) is 4.62. The summed E-state index contributed by atoms with van der Waals surface area (Å²) in [6.07, 6.45) is 3.52. The molecule has 0 saturated heterocycles. The number of carbonyl (C=O) groups excluding carboxylic acids is 2. The van der Waals surface area contributed by atoms with Gasteiger partial charge in [-0.05, 0) is 72.6 Å². The molecule has 3 aromatic rings. The number of benzene rings is 3. The average molecular weight is 477 g/mol. The molecule has 1 amide bonds. The SMILES string of the molecule is CCCCOc1ccc(OCC(=O)N/N=C/c2cccc(OC(=O)c3ccc(OC)cc3)c2)cc1. The molecule has 0 radical (unpaired) electrons. The number of unbranched alkanes of at least 4 members (excludes halogenated alkanes) is 1. The maximum atomic E-state index is 12.3. The maximum absolute atomic E-state index is 12.3. The summed E-state index contributed by atoms with van der Waals surface area (Å²) in [5.74, 6) is 1.42. The summed E-state index contributed by atoms with van der Waals surface area (Å²) in [4.78, 5) is 24.3. The zero-order valence-electron chi connectivity index (χ0n) is 19.7. The molecule has 0 aliphatic heterocycles. The Morgan fingerprint density at radius 3 is 2.26 bits per heavy atom. The van der Waals surface area contributed by atoms with Crippen molar-refractivity contribution in [3.63, 3.8) is 0 Å². The number of hydrogen-bond donors (Lipinski definition) is 1. The largest absolute Gasteiger partial charge is 0.497 e. The van der Waals surface area contributed by atoms with E-state index in [0.717, 1.165) is 18.6 Å². The van der Waals surface area contributed by atoms with Crippen LogP contribution in [0.2, 0.25) is 0 Å². The van der Waals surface area contributed by atoms with E-state index in [2.05, 4.69) is 17.5 Å². The molecular weight excluding hydrogens is 448 g/mol. The van der Waals surface area contributed by atoms with Gasteiger partial charge < -0.3 is 18.9 Å². The number of esters is 1. The molecule has 0 saturated carbocycles. The molecule has 1 N–H and O–H groups in total. The van der Waals surface area contributed by atoms with Gasteiger partial charge in [-0.1, -0.05) is 25.5 Å². The normalized spacial score (nSPS) is 10.6. The molecule has 35 heavy (non-hydrogen) atoms. The van der Waals surface area contributed by atoms with E-state index in [0.29, 0.717) is 35.0 Å². The first-order valence-corrected chi connectivity index (χ1v) is 11.2. The molecule has 3 aromatic carbocycles. The Kier molecular flexibility index (Phi) is 9.68. The van der Waals surface area contributed by atoms with Gasteiger partial charge in [-0.15, -0.1) is 0 Å². The lowest BCUT2D eigenvalue weighted by Gasteiger charge is -2.08. The molecule has 0 fully saturated rings. The van der Waals surface area contributed by atoms with Gasteiger partial charge in [0.15, 0.2) is 6.61 Å². The van der Waals surface area contributed by atoms with Crippen molar-refractivity contribution >= 4 is 18.1 Å². The lowest BCUT2D eigenvalue weighted by molar-refractivity contribution is -0.123. The number of nitrogens with one attached hydrogen (secondary N) is 1. The summed E-state index contributed by atoms with van der Waals surface area (Å²) in [5, 5.41) is 3.93. The topological polar surface area (TPSA) is 95.5 Å². The maximum Gasteiger partial charge on any atom is 0.343 e. The quantitative estimate of drug-likeness (QED) is 0.135. The van der Waals surface area contributed by atoms with Gasteiger partial charge in [-0.3, -0.25) is 4.79 Å². The Balaban J connectivity index is 1.44. The number of rotatable bonds is 12. The molecule has 0 atom stereocenters. The van der Waals surface area contributed by atoms with Gasteiger partial charge >= 0.3 is 5.97 Å². The van der Waals surface area contributed by atoms with E-state index >= 15 is 0 Å². The van der Waals surface area contributed by atoms with E-state index < -0.39 is 11.9 Å². The summed E-state index contributed by atoms with van der Waals surface area (Å²) in [6.45, 7) is 2.59. The van der Waals surface area contributed by atoms with Crippen LogP contribution in [0, 0.1) is 0 Å². The molecule has 3 rings (SSSR count). The molecule has 0 spiro atoms. The van der Waals surface area contributed by atoms with Crippen molar-refractivity contribution in [3.05, 3.63) is 83.9 Å². The van der Waals surface area contributed by atoms with Crippen molar-refractivity contribution in [2.75, 3.05) is 20.3 Å². The van der Waals surface area contributed by atoms with E-state index in [-0.39, 0.29) is 6.61 Å². The van der Waals surface area contributed by atoms with Crippen molar-refractivity contribution in [1.29, 1.82) is 0 Å². The number of hydrogen-bond acceptors (Lipinski definition) is 7. The Hall–Kier alpha value is -4.33. The number of methoxy groups -OCH3 is 1. The molecule has 8 heteroatoms. The fourth-order valence-corrected chi connectivity index (χ4v) is 2.88. The van der Waals surface area contributed by atoms with Crippen LogP contribution in [-0.4, -0.2) is 38.4 Å². The minimum Gasteiger partial charge on any atom is -0.497 e. The minimum atomic E-state index is -0.493. The number of hydrazone groups is 1. The Bertz CT molecular complexity index is 1130. The highest BCUT2D eigenvalue weighted by molar-refractivity contribution is 5.91. The first kappa shape index (κ1) is 25.3. The van der Waals surface area contributed by atoms with Crippen LogP contribution in [-0.2, 0) is 4.79 Å². The third-order valence-corrected chi connectivity index (χ3v) is 4.76. The van der Waals surface area contributed by atoms with Crippen molar-refractivity contribution in [2.45, 2.75) is 19.8 Å². The molecule has 0 aliphatic carbocycles. The standard InChI is InChI=1S/C27H28N2O6/c1-3-4-16-33-23-12-14-24(15-13-23)34-19-26(30)29-28-18-20-6-5-7-25(17-20)35-27(31)21-8-10-22(32-2)11-9-21/h5-15,17-18H,3-4,16,19H2,1-2H3,(H,29,30)/b28-18+. The van der Waals surface area contributed by atoms with Crippen LogP contribution < -0.4 is 24.4 Å². The van der Waals surface area contributed by atoms with Gasteiger partial charge in [-0.25, -0.2) is 10.2 Å². The summed E-state index contributed by atoms with van der Waals surface area (Å²) in [6, 6.07) is 20.5. The van der Waals surface area contributed by atoms with Crippen LogP contribution >= 0.6 is 0 Å². The second kappa shape index (κ2) is 13.4. The lowest BCUT2D eigenvalue weighted by Crippen LogP contribution is -2.24. The van der Waals surface area contributed by atoms with Gasteiger partial charge in [-0.2, -0.15) is 5.10 Å². The fourth-order valence-electron chi connectivity index (χ4n) is 2.88. The Labute approximate surface area is 204 Å². The smallest absolute Gasteiger partial charge is 0.343 e. The third-order valence-electron chi connectivity index (χ3n) is 4.76. The molecule has 0 bridgehead atoms. The fraction of sp³-hybridized carbons (Fsp3) is 0.222. The number of nitrogens with zero attached hydrogens (tertiary/aromatic N) is 1. The molecule has 182 valence electrons. The highest BCUT2D eigenvalue weighted by Gasteiger charge is 2.09. The molecule has 0 unspecified atom stereocenters. The number of amides is 1. The molecular formula is C27H28N2O6. The van der Waals surface area contributed by atoms with Gasteiger partial charge in [0.25, 0.3) is 5.91 Å². The Morgan fingerprint density at radius 2 is 1.57 bits per heavy atom. The van der Waals surface area contributed by atoms with Gasteiger partial charge in [0.2, 0.25) is 0 Å². The first-order valence-electron chi connectivity index (χ1n) is 11.2. The van der Waals surface area contributed by atoms with Crippen LogP contribution in [0.4, 0.5) is 0 Å². The van der Waals surface area contributed by atoms with E-state index in [1.54, 1.807) is 79.9 Å². The molecule has 0 aliphatic rings. The third kappa shape index (κ3) is 8.51. The number of ether oxygens (including phenoxy) is 4. The zero-order valence-corrected chi connectivity index (χ0v) is 19.7.